The van der Waals surface area contributed by atoms with Crippen LogP contribution in [0, 0.1) is 0 Å². The first-order valence-corrected chi connectivity index (χ1v) is 12.0. The van der Waals surface area contributed by atoms with Crippen LogP contribution in [0.2, 0.25) is 18.1 Å². The van der Waals surface area contributed by atoms with Gasteiger partial charge in [0, 0.05) is 6.54 Å². The van der Waals surface area contributed by atoms with Crippen molar-refractivity contribution in [2.24, 2.45) is 0 Å². The van der Waals surface area contributed by atoms with E-state index < -0.39 is 8.32 Å². The van der Waals surface area contributed by atoms with E-state index in [4.69, 9.17) is 9.16 Å². The Morgan fingerprint density at radius 1 is 1.25 bits per heavy atom. The fourth-order valence-electron chi connectivity index (χ4n) is 1.94. The lowest BCUT2D eigenvalue weighted by Gasteiger charge is -2.39. The molecule has 136 valence electrons. The molecule has 1 N–H and O–H groups in total. The fraction of sp³-hybridized carbons (Fsp3) is 0.611. The van der Waals surface area contributed by atoms with Crippen LogP contribution in [-0.2, 0) is 15.8 Å². The standard InChI is InChI=1S/C18H30BrNO3Si/c1-13(23-24(6,7)18(2,3)4)16(19)17(21)20-12-14-8-10-15(22-5)11-9-14/h8-11,13,16H,12H2,1-7H3,(H,20,21)/t13-,16+/m1/s1. The summed E-state index contributed by atoms with van der Waals surface area (Å²) in [6, 6.07) is 7.66. The SMILES string of the molecule is COc1ccc(CNC(=O)[C@@H](Br)[C@@H](C)O[Si](C)(C)C(C)(C)C)cc1. The van der Waals surface area contributed by atoms with Crippen molar-refractivity contribution in [3.63, 3.8) is 0 Å². The largest absolute Gasteiger partial charge is 0.497 e. The van der Waals surface area contributed by atoms with Gasteiger partial charge in [-0.3, -0.25) is 4.79 Å². The molecule has 24 heavy (non-hydrogen) atoms. The number of methoxy groups -OCH3 is 1. The quantitative estimate of drug-likeness (QED) is 0.527. The Morgan fingerprint density at radius 3 is 2.25 bits per heavy atom. The highest BCUT2D eigenvalue weighted by atomic mass is 79.9. The van der Waals surface area contributed by atoms with Gasteiger partial charge in [-0.15, -0.1) is 0 Å². The van der Waals surface area contributed by atoms with Crippen LogP contribution in [0.5, 0.6) is 5.75 Å². The van der Waals surface area contributed by atoms with Gasteiger partial charge in [0.05, 0.1) is 13.2 Å². The van der Waals surface area contributed by atoms with Crippen LogP contribution in [0.3, 0.4) is 0 Å². The molecule has 0 aliphatic rings. The van der Waals surface area contributed by atoms with Gasteiger partial charge in [-0.25, -0.2) is 0 Å². The summed E-state index contributed by atoms with van der Waals surface area (Å²) in [6.45, 7) is 13.4. The average molecular weight is 416 g/mol. The molecule has 0 radical (unpaired) electrons. The molecule has 1 rings (SSSR count). The van der Waals surface area contributed by atoms with E-state index >= 15 is 0 Å². The number of ether oxygens (including phenoxy) is 1. The number of carbonyl (C=O) groups is 1. The molecule has 0 fully saturated rings. The van der Waals surface area contributed by atoms with Crippen molar-refractivity contribution in [3.05, 3.63) is 29.8 Å². The second-order valence-electron chi connectivity index (χ2n) is 7.55. The van der Waals surface area contributed by atoms with Crippen molar-refractivity contribution in [2.75, 3.05) is 7.11 Å². The van der Waals surface area contributed by atoms with Crippen LogP contribution in [0.25, 0.3) is 0 Å². The van der Waals surface area contributed by atoms with Gasteiger partial charge in [-0.1, -0.05) is 48.8 Å². The summed E-state index contributed by atoms with van der Waals surface area (Å²) in [5.41, 5.74) is 1.03. The Balaban J connectivity index is 2.57. The molecule has 0 saturated carbocycles. The predicted molar refractivity (Wildman–Crippen MR) is 105 cm³/mol. The van der Waals surface area contributed by atoms with Gasteiger partial charge >= 0.3 is 0 Å². The summed E-state index contributed by atoms with van der Waals surface area (Å²) < 4.78 is 11.4. The van der Waals surface area contributed by atoms with E-state index in [1.807, 2.05) is 31.2 Å². The van der Waals surface area contributed by atoms with Crippen molar-refractivity contribution < 1.29 is 14.0 Å². The molecule has 0 saturated heterocycles. The summed E-state index contributed by atoms with van der Waals surface area (Å²) >= 11 is 3.49. The number of nitrogens with one attached hydrogen (secondary N) is 1. The molecule has 0 spiro atoms. The molecule has 0 bridgehead atoms. The van der Waals surface area contributed by atoms with Crippen molar-refractivity contribution in [1.29, 1.82) is 0 Å². The molecule has 0 unspecified atom stereocenters. The first-order valence-electron chi connectivity index (χ1n) is 8.20. The molecule has 0 aromatic heterocycles. The second-order valence-corrected chi connectivity index (χ2v) is 13.3. The van der Waals surface area contributed by atoms with Crippen LogP contribution in [0.4, 0.5) is 0 Å². The summed E-state index contributed by atoms with van der Waals surface area (Å²) in [6.07, 6.45) is -0.179. The average Bonchev–Trinajstić information content (AvgIpc) is 2.50. The zero-order valence-corrected chi connectivity index (χ0v) is 18.4. The molecule has 1 aromatic rings. The topological polar surface area (TPSA) is 47.6 Å². The maximum Gasteiger partial charge on any atom is 0.236 e. The molecular formula is C18H30BrNO3Si. The van der Waals surface area contributed by atoms with Crippen LogP contribution < -0.4 is 10.1 Å². The fourth-order valence-corrected chi connectivity index (χ4v) is 3.83. The van der Waals surface area contributed by atoms with Crippen LogP contribution in [0.1, 0.15) is 33.3 Å². The van der Waals surface area contributed by atoms with E-state index in [9.17, 15) is 4.79 Å². The summed E-state index contributed by atoms with van der Waals surface area (Å²) in [5, 5.41) is 3.07. The molecule has 2 atom stereocenters. The third-order valence-corrected chi connectivity index (χ3v) is 10.3. The maximum atomic E-state index is 12.4. The van der Waals surface area contributed by atoms with Gasteiger partial charge in [0.2, 0.25) is 5.91 Å². The number of carbonyl (C=O) groups excluding carboxylic acids is 1. The molecule has 0 heterocycles. The zero-order chi connectivity index (χ0) is 18.5. The van der Waals surface area contributed by atoms with Crippen molar-refractivity contribution in [2.45, 2.75) is 63.3 Å². The van der Waals surface area contributed by atoms with Gasteiger partial charge in [0.1, 0.15) is 10.6 Å². The number of benzene rings is 1. The molecule has 1 amide bonds. The Labute approximate surface area is 155 Å². The number of hydrogen-bond acceptors (Lipinski definition) is 3. The maximum absolute atomic E-state index is 12.4. The zero-order valence-electron chi connectivity index (χ0n) is 15.8. The first kappa shape index (κ1) is 21.2. The number of hydrogen-bond donors (Lipinski definition) is 1. The normalized spacial score (nSPS) is 14.8. The lowest BCUT2D eigenvalue weighted by molar-refractivity contribution is -0.121. The Kier molecular flexibility index (Phi) is 7.50. The first-order chi connectivity index (χ1) is 11.0. The lowest BCUT2D eigenvalue weighted by Crippen LogP contribution is -2.48. The number of alkyl halides is 1. The van der Waals surface area contributed by atoms with Gasteiger partial charge < -0.3 is 14.5 Å². The number of rotatable bonds is 7. The van der Waals surface area contributed by atoms with Crippen LogP contribution in [0.15, 0.2) is 24.3 Å². The third-order valence-electron chi connectivity index (χ3n) is 4.58. The summed E-state index contributed by atoms with van der Waals surface area (Å²) in [5.74, 6) is 0.747. The molecule has 4 nitrogen and oxygen atoms in total. The van der Waals surface area contributed by atoms with Crippen molar-refractivity contribution in [1.82, 2.24) is 5.32 Å². The van der Waals surface area contributed by atoms with Crippen LogP contribution >= 0.6 is 15.9 Å². The van der Waals surface area contributed by atoms with E-state index in [0.29, 0.717) is 6.54 Å². The molecule has 0 aliphatic carbocycles. The molecule has 6 heteroatoms. The summed E-state index contributed by atoms with van der Waals surface area (Å²) in [4.78, 5) is 12.0. The highest BCUT2D eigenvalue weighted by molar-refractivity contribution is 9.10. The summed E-state index contributed by atoms with van der Waals surface area (Å²) in [7, 11) is -0.263. The van der Waals surface area contributed by atoms with E-state index in [0.717, 1.165) is 11.3 Å². The predicted octanol–water partition coefficient (Wildman–Crippen LogP) is 4.49. The molecule has 0 aliphatic heterocycles. The number of amides is 1. The van der Waals surface area contributed by atoms with Gasteiger partial charge in [0.15, 0.2) is 8.32 Å². The van der Waals surface area contributed by atoms with E-state index in [1.54, 1.807) is 7.11 Å². The number of halogens is 1. The Morgan fingerprint density at radius 2 is 1.79 bits per heavy atom. The molecular weight excluding hydrogens is 386 g/mol. The van der Waals surface area contributed by atoms with Gasteiger partial charge in [0.25, 0.3) is 0 Å². The minimum atomic E-state index is -1.90. The van der Waals surface area contributed by atoms with Gasteiger partial charge in [-0.2, -0.15) is 0 Å². The van der Waals surface area contributed by atoms with Crippen molar-refractivity contribution in [3.8, 4) is 5.75 Å². The second kappa shape index (κ2) is 8.49. The van der Waals surface area contributed by atoms with E-state index in [1.165, 1.54) is 0 Å². The highest BCUT2D eigenvalue weighted by Crippen LogP contribution is 2.38. The minimum absolute atomic E-state index is 0.0583. The Bertz CT molecular complexity index is 540. The van der Waals surface area contributed by atoms with E-state index in [-0.39, 0.29) is 21.9 Å². The highest BCUT2D eigenvalue weighted by Gasteiger charge is 2.40. The monoisotopic (exact) mass is 415 g/mol. The van der Waals surface area contributed by atoms with Crippen LogP contribution in [-0.4, -0.2) is 32.3 Å². The Hall–Kier alpha value is -0.853. The van der Waals surface area contributed by atoms with Gasteiger partial charge in [-0.05, 0) is 42.8 Å². The van der Waals surface area contributed by atoms with Crippen molar-refractivity contribution >= 4 is 30.2 Å². The van der Waals surface area contributed by atoms with E-state index in [2.05, 4.69) is 55.1 Å². The third kappa shape index (κ3) is 5.90. The molecule has 1 aromatic carbocycles. The smallest absolute Gasteiger partial charge is 0.236 e. The lowest BCUT2D eigenvalue weighted by atomic mass is 10.2. The minimum Gasteiger partial charge on any atom is -0.497 e.